The maximum absolute atomic E-state index is 12.8. The van der Waals surface area contributed by atoms with Crippen LogP contribution >= 0.6 is 0 Å². The molecule has 0 saturated heterocycles. The first-order valence-corrected chi connectivity index (χ1v) is 6.88. The van der Waals surface area contributed by atoms with Crippen molar-refractivity contribution < 1.29 is 13.2 Å². The minimum atomic E-state index is -4.31. The van der Waals surface area contributed by atoms with E-state index in [1.807, 2.05) is 24.3 Å². The van der Waals surface area contributed by atoms with Gasteiger partial charge in [0, 0.05) is 5.54 Å². The predicted molar refractivity (Wildman–Crippen MR) is 75.9 cm³/mol. The fraction of sp³-hybridized carbons (Fsp3) is 0.294. The fourth-order valence-corrected chi connectivity index (χ4v) is 3.11. The van der Waals surface area contributed by atoms with Gasteiger partial charge in [0.1, 0.15) is 0 Å². The lowest BCUT2D eigenvalue weighted by molar-refractivity contribution is -0.137. The Morgan fingerprint density at radius 3 is 2.14 bits per heavy atom. The summed E-state index contributed by atoms with van der Waals surface area (Å²) in [5, 5.41) is 0. The number of benzene rings is 2. The predicted octanol–water partition coefficient (Wildman–Crippen LogP) is 3.74. The molecule has 1 aliphatic carbocycles. The van der Waals surface area contributed by atoms with Gasteiger partial charge in [-0.2, -0.15) is 13.2 Å². The molecule has 3 rings (SSSR count). The van der Waals surface area contributed by atoms with Crippen molar-refractivity contribution in [3.8, 4) is 0 Å². The van der Waals surface area contributed by atoms with E-state index in [1.54, 1.807) is 6.07 Å². The van der Waals surface area contributed by atoms with E-state index in [9.17, 15) is 13.2 Å². The molecule has 0 atom stereocenters. The van der Waals surface area contributed by atoms with E-state index in [2.05, 4.69) is 0 Å². The summed E-state index contributed by atoms with van der Waals surface area (Å²) in [6.45, 7) is 0. The number of hydrogen-bond donors (Lipinski definition) is 1. The van der Waals surface area contributed by atoms with Gasteiger partial charge in [0.25, 0.3) is 0 Å². The van der Waals surface area contributed by atoms with E-state index in [1.165, 1.54) is 23.3 Å². The van der Waals surface area contributed by atoms with Gasteiger partial charge in [-0.15, -0.1) is 0 Å². The number of alkyl halides is 3. The summed E-state index contributed by atoms with van der Waals surface area (Å²) in [6, 6.07) is 13.5. The molecule has 0 fully saturated rings. The quantitative estimate of drug-likeness (QED) is 0.896. The van der Waals surface area contributed by atoms with Crippen LogP contribution in [0.5, 0.6) is 0 Å². The van der Waals surface area contributed by atoms with Crippen molar-refractivity contribution >= 4 is 0 Å². The standard InChI is InChI=1S/C17H16F3N/c18-17(19,20)15-7-3-4-12(8-15)9-16(21)10-13-5-1-2-6-14(13)11-16/h1-8H,9-11,21H2. The normalized spacial score (nSPS) is 16.8. The summed E-state index contributed by atoms with van der Waals surface area (Å²) in [6.07, 6.45) is -2.44. The molecule has 0 radical (unpaired) electrons. The summed E-state index contributed by atoms with van der Waals surface area (Å²) in [4.78, 5) is 0. The summed E-state index contributed by atoms with van der Waals surface area (Å²) in [5.74, 6) is 0. The zero-order valence-electron chi connectivity index (χ0n) is 11.5. The molecule has 1 nitrogen and oxygen atoms in total. The Morgan fingerprint density at radius 1 is 0.952 bits per heavy atom. The number of hydrogen-bond acceptors (Lipinski definition) is 1. The van der Waals surface area contributed by atoms with Crippen LogP contribution < -0.4 is 5.73 Å². The van der Waals surface area contributed by atoms with Crippen LogP contribution in [0.3, 0.4) is 0 Å². The maximum atomic E-state index is 12.8. The zero-order chi connectivity index (χ0) is 15.1. The van der Waals surface area contributed by atoms with Crippen LogP contribution in [0.2, 0.25) is 0 Å². The second kappa shape index (κ2) is 4.88. The van der Waals surface area contributed by atoms with Crippen LogP contribution in [0, 0.1) is 0 Å². The Labute approximate surface area is 121 Å². The minimum Gasteiger partial charge on any atom is -0.324 e. The Balaban J connectivity index is 1.82. The van der Waals surface area contributed by atoms with Crippen molar-refractivity contribution in [1.82, 2.24) is 0 Å². The van der Waals surface area contributed by atoms with Crippen LogP contribution in [0.1, 0.15) is 22.3 Å². The number of nitrogens with two attached hydrogens (primary N) is 1. The van der Waals surface area contributed by atoms with Gasteiger partial charge in [0.2, 0.25) is 0 Å². The first kappa shape index (κ1) is 14.1. The van der Waals surface area contributed by atoms with Gasteiger partial charge in [0.05, 0.1) is 5.56 Å². The number of halogens is 3. The van der Waals surface area contributed by atoms with Crippen molar-refractivity contribution in [3.05, 3.63) is 70.8 Å². The SMILES string of the molecule is NC1(Cc2cccc(C(F)(F)F)c2)Cc2ccccc2C1. The van der Waals surface area contributed by atoms with E-state index in [4.69, 9.17) is 5.73 Å². The second-order valence-electron chi connectivity index (χ2n) is 5.86. The summed E-state index contributed by atoms with van der Waals surface area (Å²) in [7, 11) is 0. The highest BCUT2D eigenvalue weighted by Crippen LogP contribution is 2.33. The van der Waals surface area contributed by atoms with Crippen molar-refractivity contribution in [1.29, 1.82) is 0 Å². The number of fused-ring (bicyclic) bond motifs is 1. The maximum Gasteiger partial charge on any atom is 0.416 e. The molecule has 0 amide bonds. The van der Waals surface area contributed by atoms with Crippen LogP contribution in [-0.2, 0) is 25.4 Å². The van der Waals surface area contributed by atoms with Crippen molar-refractivity contribution in [2.75, 3.05) is 0 Å². The Hall–Kier alpha value is -1.81. The number of rotatable bonds is 2. The topological polar surface area (TPSA) is 26.0 Å². The third-order valence-electron chi connectivity index (χ3n) is 4.01. The lowest BCUT2D eigenvalue weighted by atomic mass is 9.88. The van der Waals surface area contributed by atoms with Gasteiger partial charge in [0.15, 0.2) is 0 Å². The van der Waals surface area contributed by atoms with Gasteiger partial charge in [-0.25, -0.2) is 0 Å². The van der Waals surface area contributed by atoms with Gasteiger partial charge in [-0.3, -0.25) is 0 Å². The first-order chi connectivity index (χ1) is 9.86. The molecule has 0 aromatic heterocycles. The van der Waals surface area contributed by atoms with Gasteiger partial charge < -0.3 is 5.73 Å². The zero-order valence-corrected chi connectivity index (χ0v) is 11.5. The Kier molecular flexibility index (Phi) is 3.29. The van der Waals surface area contributed by atoms with Crippen LogP contribution in [0.15, 0.2) is 48.5 Å². The van der Waals surface area contributed by atoms with Crippen LogP contribution in [0.25, 0.3) is 0 Å². The highest BCUT2D eigenvalue weighted by Gasteiger charge is 2.35. The van der Waals surface area contributed by atoms with Gasteiger partial charge >= 0.3 is 6.18 Å². The molecule has 0 heterocycles. The molecule has 2 N–H and O–H groups in total. The fourth-order valence-electron chi connectivity index (χ4n) is 3.11. The largest absolute Gasteiger partial charge is 0.416 e. The van der Waals surface area contributed by atoms with E-state index in [-0.39, 0.29) is 0 Å². The Bertz CT molecular complexity index is 636. The van der Waals surface area contributed by atoms with Crippen LogP contribution in [-0.4, -0.2) is 5.54 Å². The molecule has 1 aliphatic rings. The van der Waals surface area contributed by atoms with Crippen molar-refractivity contribution in [2.45, 2.75) is 31.0 Å². The lowest BCUT2D eigenvalue weighted by Gasteiger charge is -2.24. The van der Waals surface area contributed by atoms with E-state index < -0.39 is 17.3 Å². The van der Waals surface area contributed by atoms with Crippen molar-refractivity contribution in [3.63, 3.8) is 0 Å². The summed E-state index contributed by atoms with van der Waals surface area (Å²) >= 11 is 0. The van der Waals surface area contributed by atoms with E-state index in [0.717, 1.165) is 6.07 Å². The average molecular weight is 291 g/mol. The molecule has 0 spiro atoms. The Morgan fingerprint density at radius 2 is 1.57 bits per heavy atom. The molecule has 21 heavy (non-hydrogen) atoms. The molecular weight excluding hydrogens is 275 g/mol. The van der Waals surface area contributed by atoms with Crippen molar-refractivity contribution in [2.24, 2.45) is 5.73 Å². The first-order valence-electron chi connectivity index (χ1n) is 6.88. The van der Waals surface area contributed by atoms with Crippen LogP contribution in [0.4, 0.5) is 13.2 Å². The smallest absolute Gasteiger partial charge is 0.324 e. The monoisotopic (exact) mass is 291 g/mol. The van der Waals surface area contributed by atoms with Gasteiger partial charge in [-0.1, -0.05) is 42.5 Å². The highest BCUT2D eigenvalue weighted by molar-refractivity contribution is 5.38. The summed E-state index contributed by atoms with van der Waals surface area (Å²) in [5.41, 5.74) is 8.36. The minimum absolute atomic E-state index is 0.450. The molecule has 2 aromatic rings. The second-order valence-corrected chi connectivity index (χ2v) is 5.86. The highest BCUT2D eigenvalue weighted by atomic mass is 19.4. The van der Waals surface area contributed by atoms with E-state index >= 15 is 0 Å². The molecule has 4 heteroatoms. The third kappa shape index (κ3) is 2.95. The molecule has 0 bridgehead atoms. The van der Waals surface area contributed by atoms with Gasteiger partial charge in [-0.05, 0) is 42.0 Å². The lowest BCUT2D eigenvalue weighted by Crippen LogP contribution is -2.43. The summed E-state index contributed by atoms with van der Waals surface area (Å²) < 4.78 is 38.3. The average Bonchev–Trinajstić information content (AvgIpc) is 2.73. The van der Waals surface area contributed by atoms with E-state index in [0.29, 0.717) is 24.8 Å². The molecular formula is C17H16F3N. The molecule has 110 valence electrons. The molecule has 2 aromatic carbocycles. The molecule has 0 aliphatic heterocycles. The molecule has 0 saturated carbocycles. The third-order valence-corrected chi connectivity index (χ3v) is 4.01. The molecule has 0 unspecified atom stereocenters.